The Morgan fingerprint density at radius 1 is 1.10 bits per heavy atom. The molecule has 0 radical (unpaired) electrons. The maximum atomic E-state index is 11.8. The van der Waals surface area contributed by atoms with Gasteiger partial charge in [0.1, 0.15) is 12.4 Å². The van der Waals surface area contributed by atoms with Crippen LogP contribution in [0.1, 0.15) is 12.5 Å². The normalized spacial score (nSPS) is 11.7. The lowest BCUT2D eigenvalue weighted by atomic mass is 10.2. The van der Waals surface area contributed by atoms with Crippen LogP contribution in [0.3, 0.4) is 0 Å². The first kappa shape index (κ1) is 14.4. The number of ether oxygens (including phenoxy) is 2. The molecule has 0 aliphatic carbocycles. The molecule has 0 aliphatic rings. The second-order valence-electron chi connectivity index (χ2n) is 4.31. The molecule has 20 heavy (non-hydrogen) atoms. The van der Waals surface area contributed by atoms with Crippen molar-refractivity contribution in [3.8, 4) is 5.75 Å². The molecule has 0 bridgehead atoms. The van der Waals surface area contributed by atoms with E-state index in [0.29, 0.717) is 10.8 Å². The van der Waals surface area contributed by atoms with E-state index in [0.717, 1.165) is 5.56 Å². The van der Waals surface area contributed by atoms with Gasteiger partial charge in [0, 0.05) is 5.02 Å². The zero-order chi connectivity index (χ0) is 14.4. The van der Waals surface area contributed by atoms with Gasteiger partial charge in [-0.3, -0.25) is 0 Å². The summed E-state index contributed by atoms with van der Waals surface area (Å²) < 4.78 is 10.7. The van der Waals surface area contributed by atoms with E-state index >= 15 is 0 Å². The molecule has 0 aromatic heterocycles. The Bertz CT molecular complexity index is 552. The van der Waals surface area contributed by atoms with Crippen molar-refractivity contribution in [2.24, 2.45) is 0 Å². The zero-order valence-corrected chi connectivity index (χ0v) is 11.8. The molecule has 0 heterocycles. The minimum Gasteiger partial charge on any atom is -0.479 e. The number of hydrogen-bond acceptors (Lipinski definition) is 3. The summed E-state index contributed by atoms with van der Waals surface area (Å²) in [6, 6.07) is 16.3. The maximum Gasteiger partial charge on any atom is 0.347 e. The summed E-state index contributed by atoms with van der Waals surface area (Å²) in [6.07, 6.45) is -0.648. The van der Waals surface area contributed by atoms with Gasteiger partial charge in [0.25, 0.3) is 0 Å². The zero-order valence-electron chi connectivity index (χ0n) is 11.1. The monoisotopic (exact) mass is 290 g/mol. The molecule has 2 aromatic carbocycles. The molecule has 3 nitrogen and oxygen atoms in total. The van der Waals surface area contributed by atoms with E-state index in [1.807, 2.05) is 30.3 Å². The van der Waals surface area contributed by atoms with Crippen LogP contribution in [0.2, 0.25) is 5.02 Å². The van der Waals surface area contributed by atoms with Crippen molar-refractivity contribution in [2.75, 3.05) is 0 Å². The van der Waals surface area contributed by atoms with Gasteiger partial charge in [0.15, 0.2) is 6.10 Å². The van der Waals surface area contributed by atoms with Crippen LogP contribution >= 0.6 is 11.6 Å². The van der Waals surface area contributed by atoms with Crippen molar-refractivity contribution in [2.45, 2.75) is 19.6 Å². The number of para-hydroxylation sites is 1. The van der Waals surface area contributed by atoms with Crippen molar-refractivity contribution in [3.05, 3.63) is 65.2 Å². The molecule has 0 N–H and O–H groups in total. The van der Waals surface area contributed by atoms with Crippen LogP contribution < -0.4 is 4.74 Å². The third kappa shape index (κ3) is 4.28. The number of esters is 1. The van der Waals surface area contributed by atoms with E-state index in [4.69, 9.17) is 21.1 Å². The lowest BCUT2D eigenvalue weighted by Gasteiger charge is -2.13. The molecule has 0 saturated heterocycles. The second-order valence-corrected chi connectivity index (χ2v) is 4.74. The van der Waals surface area contributed by atoms with Gasteiger partial charge >= 0.3 is 5.97 Å². The van der Waals surface area contributed by atoms with Crippen molar-refractivity contribution in [1.29, 1.82) is 0 Å². The Morgan fingerprint density at radius 2 is 1.75 bits per heavy atom. The molecule has 2 aromatic rings. The van der Waals surface area contributed by atoms with Crippen molar-refractivity contribution in [1.82, 2.24) is 0 Å². The van der Waals surface area contributed by atoms with Gasteiger partial charge in [-0.15, -0.1) is 0 Å². The largest absolute Gasteiger partial charge is 0.479 e. The first-order chi connectivity index (χ1) is 9.65. The standard InChI is InChI=1S/C16H15ClO3/c1-12(20-15-5-3-2-4-6-15)16(18)19-11-13-7-9-14(17)10-8-13/h2-10,12H,11H2,1H3. The lowest BCUT2D eigenvalue weighted by molar-refractivity contribution is -0.152. The Hall–Kier alpha value is -2.00. The third-order valence-corrected chi connectivity index (χ3v) is 2.93. The van der Waals surface area contributed by atoms with Crippen LogP contribution in [0, 0.1) is 0 Å². The van der Waals surface area contributed by atoms with E-state index in [9.17, 15) is 4.79 Å². The van der Waals surface area contributed by atoms with Crippen molar-refractivity contribution in [3.63, 3.8) is 0 Å². The van der Waals surface area contributed by atoms with Gasteiger partial charge in [-0.05, 0) is 36.8 Å². The number of hydrogen-bond donors (Lipinski definition) is 0. The molecular weight excluding hydrogens is 276 g/mol. The molecule has 4 heteroatoms. The first-order valence-electron chi connectivity index (χ1n) is 6.28. The van der Waals surface area contributed by atoms with Crippen LogP contribution in [-0.4, -0.2) is 12.1 Å². The van der Waals surface area contributed by atoms with E-state index in [1.165, 1.54) is 0 Å². The number of halogens is 1. The highest BCUT2D eigenvalue weighted by molar-refractivity contribution is 6.30. The van der Waals surface area contributed by atoms with Gasteiger partial charge in [0.2, 0.25) is 0 Å². The molecule has 2 rings (SSSR count). The average molecular weight is 291 g/mol. The van der Waals surface area contributed by atoms with Gasteiger partial charge in [-0.1, -0.05) is 41.9 Å². The molecule has 0 spiro atoms. The van der Waals surface area contributed by atoms with E-state index in [-0.39, 0.29) is 6.61 Å². The van der Waals surface area contributed by atoms with Crippen molar-refractivity contribution < 1.29 is 14.3 Å². The van der Waals surface area contributed by atoms with Crippen LogP contribution in [0.25, 0.3) is 0 Å². The SMILES string of the molecule is CC(Oc1ccccc1)C(=O)OCc1ccc(Cl)cc1. The van der Waals surface area contributed by atoms with E-state index in [2.05, 4.69) is 0 Å². The summed E-state index contributed by atoms with van der Waals surface area (Å²) in [4.78, 5) is 11.8. The summed E-state index contributed by atoms with van der Waals surface area (Å²) in [6.45, 7) is 1.87. The smallest absolute Gasteiger partial charge is 0.347 e. The number of rotatable bonds is 5. The molecule has 1 atom stereocenters. The minimum absolute atomic E-state index is 0.207. The minimum atomic E-state index is -0.648. The number of benzene rings is 2. The molecule has 0 amide bonds. The van der Waals surface area contributed by atoms with Crippen molar-refractivity contribution >= 4 is 17.6 Å². The Kier molecular flexibility index (Phi) is 5.02. The Labute approximate surface area is 123 Å². The summed E-state index contributed by atoms with van der Waals surface area (Å²) in [5.74, 6) is 0.243. The summed E-state index contributed by atoms with van der Waals surface area (Å²) in [7, 11) is 0. The molecule has 0 saturated carbocycles. The highest BCUT2D eigenvalue weighted by Gasteiger charge is 2.16. The third-order valence-electron chi connectivity index (χ3n) is 2.68. The molecular formula is C16H15ClO3. The number of carbonyl (C=O) groups excluding carboxylic acids is 1. The molecule has 1 unspecified atom stereocenters. The van der Waals surface area contributed by atoms with E-state index < -0.39 is 12.1 Å². The van der Waals surface area contributed by atoms with Crippen LogP contribution in [0.4, 0.5) is 0 Å². The lowest BCUT2D eigenvalue weighted by Crippen LogP contribution is -2.25. The fraction of sp³-hybridized carbons (Fsp3) is 0.188. The molecule has 104 valence electrons. The summed E-state index contributed by atoms with van der Waals surface area (Å²) in [5, 5.41) is 0.654. The topological polar surface area (TPSA) is 35.5 Å². The maximum absolute atomic E-state index is 11.8. The molecule has 0 aliphatic heterocycles. The first-order valence-corrected chi connectivity index (χ1v) is 6.66. The number of carbonyl (C=O) groups is 1. The highest BCUT2D eigenvalue weighted by Crippen LogP contribution is 2.13. The second kappa shape index (κ2) is 6.96. The van der Waals surface area contributed by atoms with E-state index in [1.54, 1.807) is 31.2 Å². The summed E-state index contributed by atoms with van der Waals surface area (Å²) in [5.41, 5.74) is 0.884. The van der Waals surface area contributed by atoms with Gasteiger partial charge in [0.05, 0.1) is 0 Å². The predicted molar refractivity (Wildman–Crippen MR) is 77.8 cm³/mol. The highest BCUT2D eigenvalue weighted by atomic mass is 35.5. The molecule has 0 fully saturated rings. The quantitative estimate of drug-likeness (QED) is 0.785. The fourth-order valence-corrected chi connectivity index (χ4v) is 1.73. The predicted octanol–water partition coefficient (Wildman–Crippen LogP) is 3.85. The fourth-order valence-electron chi connectivity index (χ4n) is 1.60. The van der Waals surface area contributed by atoms with Crippen LogP contribution in [-0.2, 0) is 16.1 Å². The Balaban J connectivity index is 1.83. The summed E-state index contributed by atoms with van der Waals surface area (Å²) >= 11 is 5.79. The van der Waals surface area contributed by atoms with Gasteiger partial charge < -0.3 is 9.47 Å². The van der Waals surface area contributed by atoms with Crippen LogP contribution in [0.5, 0.6) is 5.75 Å². The van der Waals surface area contributed by atoms with Crippen LogP contribution in [0.15, 0.2) is 54.6 Å². The van der Waals surface area contributed by atoms with Gasteiger partial charge in [-0.2, -0.15) is 0 Å². The Morgan fingerprint density at radius 3 is 2.40 bits per heavy atom. The average Bonchev–Trinajstić information content (AvgIpc) is 2.47. The van der Waals surface area contributed by atoms with Gasteiger partial charge in [-0.25, -0.2) is 4.79 Å².